The van der Waals surface area contributed by atoms with Gasteiger partial charge >= 0.3 is 0 Å². The Morgan fingerprint density at radius 1 is 1.29 bits per heavy atom. The Morgan fingerprint density at radius 3 is 2.24 bits per heavy atom. The molecule has 0 aromatic carbocycles. The van der Waals surface area contributed by atoms with Crippen molar-refractivity contribution in [3.05, 3.63) is 0 Å². The van der Waals surface area contributed by atoms with Gasteiger partial charge in [-0.3, -0.25) is 4.79 Å². The third kappa shape index (κ3) is 6.67. The third-order valence-electron chi connectivity index (χ3n) is 3.24. The first-order valence-electron chi connectivity index (χ1n) is 7.13. The summed E-state index contributed by atoms with van der Waals surface area (Å²) in [7, 11) is 0. The quantitative estimate of drug-likeness (QED) is 0.821. The molecule has 1 aliphatic heterocycles. The molecular weight excluding hydrogens is 212 g/mol. The first kappa shape index (κ1) is 16.4. The molecule has 0 unspecified atom stereocenters. The smallest absolute Gasteiger partial charge is 0.222 e. The SMILES string of the molecule is CC.CCN1CCC(CNC(=O)C(C)C)CC1. The van der Waals surface area contributed by atoms with Gasteiger partial charge in [-0.2, -0.15) is 0 Å². The van der Waals surface area contributed by atoms with Crippen LogP contribution in [-0.4, -0.2) is 37.0 Å². The van der Waals surface area contributed by atoms with Crippen molar-refractivity contribution < 1.29 is 4.79 Å². The highest BCUT2D eigenvalue weighted by Gasteiger charge is 2.18. The van der Waals surface area contributed by atoms with Crippen molar-refractivity contribution in [1.82, 2.24) is 10.2 Å². The van der Waals surface area contributed by atoms with E-state index in [1.54, 1.807) is 0 Å². The van der Waals surface area contributed by atoms with Crippen LogP contribution in [0.1, 0.15) is 47.5 Å². The first-order valence-corrected chi connectivity index (χ1v) is 7.13. The predicted octanol–water partition coefficient (Wildman–Crippen LogP) is 2.52. The molecule has 1 N–H and O–H groups in total. The molecule has 0 atom stereocenters. The van der Waals surface area contributed by atoms with Crippen LogP contribution < -0.4 is 5.32 Å². The number of piperidine rings is 1. The van der Waals surface area contributed by atoms with Crippen LogP contribution in [0.5, 0.6) is 0 Å². The molecule has 17 heavy (non-hydrogen) atoms. The number of hydrogen-bond donors (Lipinski definition) is 1. The normalized spacial score (nSPS) is 17.5. The summed E-state index contributed by atoms with van der Waals surface area (Å²) in [6.45, 7) is 14.5. The number of carbonyl (C=O) groups excluding carboxylic acids is 1. The molecule has 3 nitrogen and oxygen atoms in total. The van der Waals surface area contributed by atoms with Gasteiger partial charge in [0.1, 0.15) is 0 Å². The minimum absolute atomic E-state index is 0.112. The molecular formula is C14H30N2O. The Morgan fingerprint density at radius 2 is 1.82 bits per heavy atom. The lowest BCUT2D eigenvalue weighted by atomic mass is 9.96. The van der Waals surface area contributed by atoms with Crippen LogP contribution in [0.2, 0.25) is 0 Å². The second kappa shape index (κ2) is 9.46. The molecule has 1 aliphatic rings. The van der Waals surface area contributed by atoms with Crippen molar-refractivity contribution in [1.29, 1.82) is 0 Å². The molecule has 0 aromatic heterocycles. The van der Waals surface area contributed by atoms with Crippen molar-refractivity contribution in [2.24, 2.45) is 11.8 Å². The molecule has 1 rings (SSSR count). The highest BCUT2D eigenvalue weighted by molar-refractivity contribution is 5.77. The van der Waals surface area contributed by atoms with Crippen LogP contribution >= 0.6 is 0 Å². The molecule has 3 heteroatoms. The molecule has 1 heterocycles. The van der Waals surface area contributed by atoms with E-state index in [-0.39, 0.29) is 11.8 Å². The Labute approximate surface area is 107 Å². The standard InChI is InChI=1S/C12H24N2O.C2H6/c1-4-14-7-5-11(6-8-14)9-13-12(15)10(2)3;1-2/h10-11H,4-9H2,1-3H3,(H,13,15);1-2H3. The lowest BCUT2D eigenvalue weighted by molar-refractivity contribution is -0.124. The zero-order valence-corrected chi connectivity index (χ0v) is 12.3. The van der Waals surface area contributed by atoms with E-state index in [1.807, 2.05) is 27.7 Å². The van der Waals surface area contributed by atoms with E-state index in [2.05, 4.69) is 17.1 Å². The van der Waals surface area contributed by atoms with Crippen LogP contribution in [-0.2, 0) is 4.79 Å². The summed E-state index contributed by atoms with van der Waals surface area (Å²) in [5.74, 6) is 0.990. The molecule has 1 fully saturated rings. The van der Waals surface area contributed by atoms with Gasteiger partial charge in [0.2, 0.25) is 5.91 Å². The minimum atomic E-state index is 0.112. The van der Waals surface area contributed by atoms with Gasteiger partial charge in [-0.05, 0) is 38.4 Å². The highest BCUT2D eigenvalue weighted by Crippen LogP contribution is 2.15. The second-order valence-corrected chi connectivity index (χ2v) is 4.78. The fraction of sp³-hybridized carbons (Fsp3) is 0.929. The molecule has 0 spiro atoms. The molecule has 0 radical (unpaired) electrons. The van der Waals surface area contributed by atoms with Crippen molar-refractivity contribution in [3.63, 3.8) is 0 Å². The fourth-order valence-electron chi connectivity index (χ4n) is 1.96. The van der Waals surface area contributed by atoms with Crippen LogP contribution in [0.25, 0.3) is 0 Å². The Kier molecular flexibility index (Phi) is 9.14. The van der Waals surface area contributed by atoms with E-state index in [9.17, 15) is 4.79 Å². The maximum Gasteiger partial charge on any atom is 0.222 e. The molecule has 0 aliphatic carbocycles. The van der Waals surface area contributed by atoms with Gasteiger partial charge in [0.05, 0.1) is 0 Å². The fourth-order valence-corrected chi connectivity index (χ4v) is 1.96. The maximum absolute atomic E-state index is 11.4. The van der Waals surface area contributed by atoms with Crippen molar-refractivity contribution in [3.8, 4) is 0 Å². The van der Waals surface area contributed by atoms with E-state index in [4.69, 9.17) is 0 Å². The van der Waals surface area contributed by atoms with Gasteiger partial charge < -0.3 is 10.2 Å². The zero-order chi connectivity index (χ0) is 13.3. The molecule has 1 saturated heterocycles. The van der Waals surface area contributed by atoms with Gasteiger partial charge in [0, 0.05) is 12.5 Å². The number of amides is 1. The average molecular weight is 242 g/mol. The minimum Gasteiger partial charge on any atom is -0.356 e. The number of rotatable bonds is 4. The summed E-state index contributed by atoms with van der Waals surface area (Å²) in [4.78, 5) is 13.9. The Hall–Kier alpha value is -0.570. The van der Waals surface area contributed by atoms with Crippen molar-refractivity contribution >= 4 is 5.91 Å². The second-order valence-electron chi connectivity index (χ2n) is 4.78. The van der Waals surface area contributed by atoms with Crippen LogP contribution in [0.4, 0.5) is 0 Å². The summed E-state index contributed by atoms with van der Waals surface area (Å²) >= 11 is 0. The third-order valence-corrected chi connectivity index (χ3v) is 3.24. The zero-order valence-electron chi connectivity index (χ0n) is 12.3. The molecule has 102 valence electrons. The maximum atomic E-state index is 11.4. The van der Waals surface area contributed by atoms with Crippen LogP contribution in [0.3, 0.4) is 0 Å². The predicted molar refractivity (Wildman–Crippen MR) is 74.0 cm³/mol. The average Bonchev–Trinajstić information content (AvgIpc) is 2.38. The number of carbonyl (C=O) groups is 1. The summed E-state index contributed by atoms with van der Waals surface area (Å²) in [5.41, 5.74) is 0. The van der Waals surface area contributed by atoms with Gasteiger partial charge in [0.15, 0.2) is 0 Å². The van der Waals surface area contributed by atoms with E-state index in [1.165, 1.54) is 25.9 Å². The van der Waals surface area contributed by atoms with E-state index < -0.39 is 0 Å². The molecule has 0 aromatic rings. The van der Waals surface area contributed by atoms with Gasteiger partial charge in [-0.25, -0.2) is 0 Å². The number of nitrogens with zero attached hydrogens (tertiary/aromatic N) is 1. The van der Waals surface area contributed by atoms with Gasteiger partial charge in [-0.1, -0.05) is 34.6 Å². The molecule has 1 amide bonds. The topological polar surface area (TPSA) is 32.3 Å². The van der Waals surface area contributed by atoms with Crippen LogP contribution in [0, 0.1) is 11.8 Å². The molecule has 0 bridgehead atoms. The summed E-state index contributed by atoms with van der Waals surface area (Å²) in [6.07, 6.45) is 2.46. The van der Waals surface area contributed by atoms with E-state index >= 15 is 0 Å². The molecule has 0 saturated carbocycles. The number of likely N-dealkylation sites (tertiary alicyclic amines) is 1. The largest absolute Gasteiger partial charge is 0.356 e. The highest BCUT2D eigenvalue weighted by atomic mass is 16.1. The van der Waals surface area contributed by atoms with Crippen molar-refractivity contribution in [2.75, 3.05) is 26.2 Å². The Balaban J connectivity index is 0.00000121. The van der Waals surface area contributed by atoms with Crippen molar-refractivity contribution in [2.45, 2.75) is 47.5 Å². The summed E-state index contributed by atoms with van der Waals surface area (Å²) < 4.78 is 0. The lowest BCUT2D eigenvalue weighted by Gasteiger charge is -2.31. The first-order chi connectivity index (χ1) is 8.13. The van der Waals surface area contributed by atoms with Gasteiger partial charge in [0.25, 0.3) is 0 Å². The van der Waals surface area contributed by atoms with E-state index in [0.29, 0.717) is 5.92 Å². The lowest BCUT2D eigenvalue weighted by Crippen LogP contribution is -2.39. The van der Waals surface area contributed by atoms with E-state index in [0.717, 1.165) is 13.1 Å². The number of nitrogens with one attached hydrogen (secondary N) is 1. The van der Waals surface area contributed by atoms with Crippen LogP contribution in [0.15, 0.2) is 0 Å². The van der Waals surface area contributed by atoms with Gasteiger partial charge in [-0.15, -0.1) is 0 Å². The monoisotopic (exact) mass is 242 g/mol. The summed E-state index contributed by atoms with van der Waals surface area (Å²) in [6, 6.07) is 0. The number of hydrogen-bond acceptors (Lipinski definition) is 2. The Bertz CT molecular complexity index is 196. The summed E-state index contributed by atoms with van der Waals surface area (Å²) in [5, 5.41) is 3.03.